The Bertz CT molecular complexity index is 1170. The summed E-state index contributed by atoms with van der Waals surface area (Å²) in [7, 11) is -2.52. The Balaban J connectivity index is 1.91. The summed E-state index contributed by atoms with van der Waals surface area (Å²) in [6, 6.07) is 32.7. The second-order valence-corrected chi connectivity index (χ2v) is 12.8. The predicted octanol–water partition coefficient (Wildman–Crippen LogP) is 5.76. The van der Waals surface area contributed by atoms with Crippen molar-refractivity contribution in [2.24, 2.45) is 0 Å². The fraction of sp³-hybridized carbons (Fsp3) is 0.154. The molecule has 1 atom stereocenters. The van der Waals surface area contributed by atoms with Crippen LogP contribution >= 0.6 is 0 Å². The Morgan fingerprint density at radius 2 is 1.36 bits per heavy atom. The molecule has 0 aromatic heterocycles. The average molecular weight is 381 g/mol. The maximum absolute atomic E-state index is 7.14. The molecule has 0 saturated heterocycles. The van der Waals surface area contributed by atoms with E-state index in [2.05, 4.69) is 112 Å². The number of hydrogen-bond donors (Lipinski definition) is 0. The van der Waals surface area contributed by atoms with Crippen molar-refractivity contribution in [1.82, 2.24) is 0 Å². The van der Waals surface area contributed by atoms with Crippen molar-refractivity contribution in [3.63, 3.8) is 0 Å². The minimum atomic E-state index is -2.52. The van der Waals surface area contributed by atoms with Crippen LogP contribution in [0.1, 0.15) is 20.8 Å². The molecule has 1 unspecified atom stereocenters. The molecule has 1 heterocycles. The van der Waals surface area contributed by atoms with Gasteiger partial charge < -0.3 is 4.43 Å². The normalized spacial score (nSPS) is 18.2. The van der Waals surface area contributed by atoms with Crippen molar-refractivity contribution in [2.75, 3.05) is 0 Å². The molecule has 4 aromatic rings. The highest BCUT2D eigenvalue weighted by Gasteiger charge is 2.55. The van der Waals surface area contributed by atoms with E-state index >= 15 is 0 Å². The zero-order valence-corrected chi connectivity index (χ0v) is 17.6. The second kappa shape index (κ2) is 6.08. The average Bonchev–Trinajstić information content (AvgIpc) is 2.72. The predicted molar refractivity (Wildman–Crippen MR) is 121 cm³/mol. The van der Waals surface area contributed by atoms with Crippen LogP contribution in [0, 0.1) is 0 Å². The SMILES string of the molecule is CC(C)(C)[Si]1(c2ccccc2)Oc2ccc3ccccc3c2-c2ccccc21. The fourth-order valence-electron chi connectivity index (χ4n) is 4.72. The summed E-state index contributed by atoms with van der Waals surface area (Å²) in [4.78, 5) is 0. The van der Waals surface area contributed by atoms with Crippen LogP contribution in [-0.2, 0) is 0 Å². The maximum atomic E-state index is 7.14. The molecule has 28 heavy (non-hydrogen) atoms. The first kappa shape index (κ1) is 17.3. The highest BCUT2D eigenvalue weighted by Crippen LogP contribution is 2.47. The van der Waals surface area contributed by atoms with E-state index < -0.39 is 8.32 Å². The van der Waals surface area contributed by atoms with Crippen LogP contribution < -0.4 is 14.8 Å². The van der Waals surface area contributed by atoms with Gasteiger partial charge in [-0.3, -0.25) is 0 Å². The van der Waals surface area contributed by atoms with Gasteiger partial charge in [0.25, 0.3) is 0 Å². The lowest BCUT2D eigenvalue weighted by atomic mass is 9.97. The third kappa shape index (κ3) is 2.31. The van der Waals surface area contributed by atoms with Crippen LogP contribution in [0.25, 0.3) is 21.9 Å². The minimum absolute atomic E-state index is 0.00616. The van der Waals surface area contributed by atoms with Gasteiger partial charge in [-0.05, 0) is 37.8 Å². The van der Waals surface area contributed by atoms with Gasteiger partial charge in [-0.2, -0.15) is 0 Å². The first-order valence-electron chi connectivity index (χ1n) is 9.88. The lowest BCUT2D eigenvalue weighted by Gasteiger charge is -2.46. The molecule has 0 aliphatic carbocycles. The number of fused-ring (bicyclic) bond motifs is 5. The standard InChI is InChI=1S/C26H24OSi/c1-26(2,3)28(20-12-5-4-6-13-20)24-16-10-9-15-22(24)25-21-14-8-7-11-19(21)17-18-23(25)27-28/h4-18H,1-3H3. The molecule has 0 amide bonds. The van der Waals surface area contributed by atoms with Gasteiger partial charge in [0.15, 0.2) is 0 Å². The van der Waals surface area contributed by atoms with Crippen LogP contribution in [0.4, 0.5) is 0 Å². The van der Waals surface area contributed by atoms with E-state index in [1.165, 1.54) is 32.3 Å². The first-order chi connectivity index (χ1) is 13.5. The molecule has 0 bridgehead atoms. The zero-order chi connectivity index (χ0) is 19.4. The lowest BCUT2D eigenvalue weighted by Crippen LogP contribution is -2.70. The smallest absolute Gasteiger partial charge is 0.320 e. The summed E-state index contributed by atoms with van der Waals surface area (Å²) in [5.41, 5.74) is 2.56. The van der Waals surface area contributed by atoms with Gasteiger partial charge in [-0.25, -0.2) is 0 Å². The zero-order valence-electron chi connectivity index (χ0n) is 16.6. The van der Waals surface area contributed by atoms with Gasteiger partial charge in [-0.15, -0.1) is 0 Å². The second-order valence-electron chi connectivity index (χ2n) is 8.60. The Labute approximate surface area is 167 Å². The lowest BCUT2D eigenvalue weighted by molar-refractivity contribution is 0.507. The summed E-state index contributed by atoms with van der Waals surface area (Å²) in [6.07, 6.45) is 0. The summed E-state index contributed by atoms with van der Waals surface area (Å²) in [5.74, 6) is 1.02. The third-order valence-corrected chi connectivity index (χ3v) is 10.9. The maximum Gasteiger partial charge on any atom is 0.320 e. The molecule has 1 aliphatic rings. The topological polar surface area (TPSA) is 9.23 Å². The molecular weight excluding hydrogens is 356 g/mol. The molecule has 0 saturated carbocycles. The van der Waals surface area contributed by atoms with Crippen molar-refractivity contribution in [2.45, 2.75) is 25.8 Å². The van der Waals surface area contributed by atoms with Crippen LogP contribution in [0.2, 0.25) is 5.04 Å². The summed E-state index contributed by atoms with van der Waals surface area (Å²) in [5, 5.41) is 5.21. The molecule has 138 valence electrons. The van der Waals surface area contributed by atoms with E-state index in [0.717, 1.165) is 5.75 Å². The first-order valence-corrected chi connectivity index (χ1v) is 11.8. The highest BCUT2D eigenvalue weighted by atomic mass is 28.4. The van der Waals surface area contributed by atoms with Crippen molar-refractivity contribution in [3.05, 3.63) is 91.0 Å². The summed E-state index contributed by atoms with van der Waals surface area (Å²) in [6.45, 7) is 6.99. The van der Waals surface area contributed by atoms with E-state index in [1.807, 2.05) is 0 Å². The van der Waals surface area contributed by atoms with Crippen LogP contribution in [-0.4, -0.2) is 8.32 Å². The van der Waals surface area contributed by atoms with Crippen molar-refractivity contribution in [1.29, 1.82) is 0 Å². The molecule has 5 rings (SSSR count). The van der Waals surface area contributed by atoms with E-state index in [-0.39, 0.29) is 5.04 Å². The fourth-order valence-corrected chi connectivity index (χ4v) is 9.32. The van der Waals surface area contributed by atoms with Gasteiger partial charge >= 0.3 is 8.32 Å². The number of benzene rings is 4. The molecule has 0 spiro atoms. The summed E-state index contributed by atoms with van der Waals surface area (Å²) >= 11 is 0. The van der Waals surface area contributed by atoms with Gasteiger partial charge in [0, 0.05) is 5.56 Å². The molecule has 1 aliphatic heterocycles. The summed E-state index contributed by atoms with van der Waals surface area (Å²) < 4.78 is 7.14. The van der Waals surface area contributed by atoms with E-state index in [1.54, 1.807) is 0 Å². The van der Waals surface area contributed by atoms with E-state index in [4.69, 9.17) is 4.43 Å². The molecule has 4 aromatic carbocycles. The Hall–Kier alpha value is -2.84. The Morgan fingerprint density at radius 1 is 0.679 bits per heavy atom. The molecule has 1 nitrogen and oxygen atoms in total. The molecule has 0 fully saturated rings. The number of rotatable bonds is 1. The van der Waals surface area contributed by atoms with Gasteiger partial charge in [-0.1, -0.05) is 106 Å². The van der Waals surface area contributed by atoms with Crippen LogP contribution in [0.15, 0.2) is 91.0 Å². The van der Waals surface area contributed by atoms with Gasteiger partial charge in [0.2, 0.25) is 0 Å². The minimum Gasteiger partial charge on any atom is -0.534 e. The van der Waals surface area contributed by atoms with Crippen molar-refractivity contribution >= 4 is 29.5 Å². The van der Waals surface area contributed by atoms with Crippen molar-refractivity contribution < 1.29 is 4.43 Å². The highest BCUT2D eigenvalue weighted by molar-refractivity contribution is 7.01. The van der Waals surface area contributed by atoms with Crippen LogP contribution in [0.5, 0.6) is 5.75 Å². The molecule has 0 radical (unpaired) electrons. The quantitative estimate of drug-likeness (QED) is 0.382. The molecule has 0 N–H and O–H groups in total. The van der Waals surface area contributed by atoms with Gasteiger partial charge in [0.1, 0.15) is 5.75 Å². The monoisotopic (exact) mass is 380 g/mol. The third-order valence-electron chi connectivity index (χ3n) is 5.97. The molecule has 2 heteroatoms. The van der Waals surface area contributed by atoms with Crippen molar-refractivity contribution in [3.8, 4) is 16.9 Å². The Morgan fingerprint density at radius 3 is 2.14 bits per heavy atom. The largest absolute Gasteiger partial charge is 0.534 e. The van der Waals surface area contributed by atoms with Crippen LogP contribution in [0.3, 0.4) is 0 Å². The van der Waals surface area contributed by atoms with E-state index in [0.29, 0.717) is 0 Å². The Kier molecular flexibility index (Phi) is 3.75. The number of hydrogen-bond acceptors (Lipinski definition) is 1. The van der Waals surface area contributed by atoms with E-state index in [9.17, 15) is 0 Å². The molecular formula is C26H24OSi. The van der Waals surface area contributed by atoms with Gasteiger partial charge in [0.05, 0.1) is 0 Å².